The highest BCUT2D eigenvalue weighted by molar-refractivity contribution is 4.86. The van der Waals surface area contributed by atoms with Crippen LogP contribution in [0.4, 0.5) is 0 Å². The minimum absolute atomic E-state index is 0.0478. The maximum Gasteiger partial charge on any atom is 0.0545 e. The maximum atomic E-state index is 9.51. The Hall–Kier alpha value is -0.0800. The summed E-state index contributed by atoms with van der Waals surface area (Å²) in [6, 6.07) is 0. The van der Waals surface area contributed by atoms with Crippen LogP contribution in [-0.4, -0.2) is 22.9 Å². The largest absolute Gasteiger partial charge is 0.396 e. The van der Waals surface area contributed by atoms with Gasteiger partial charge < -0.3 is 10.2 Å². The number of hydrogen-bond donors (Lipinski definition) is 2. The Labute approximate surface area is 73.6 Å². The third-order valence-electron chi connectivity index (χ3n) is 3.47. The number of rotatable bonds is 1. The lowest BCUT2D eigenvalue weighted by atomic mass is 9.67. The van der Waals surface area contributed by atoms with E-state index < -0.39 is 0 Å². The van der Waals surface area contributed by atoms with Crippen molar-refractivity contribution >= 4 is 0 Å². The second kappa shape index (κ2) is 3.35. The van der Waals surface area contributed by atoms with Gasteiger partial charge in [0.25, 0.3) is 0 Å². The molecule has 2 aliphatic rings. The lowest BCUT2D eigenvalue weighted by molar-refractivity contribution is 0.0146. The molecule has 0 aromatic carbocycles. The van der Waals surface area contributed by atoms with Gasteiger partial charge in [0.15, 0.2) is 0 Å². The zero-order valence-corrected chi connectivity index (χ0v) is 7.45. The summed E-state index contributed by atoms with van der Waals surface area (Å²) in [6.07, 6.45) is 5.50. The van der Waals surface area contributed by atoms with Crippen LogP contribution in [-0.2, 0) is 0 Å². The van der Waals surface area contributed by atoms with Gasteiger partial charge in [0.2, 0.25) is 0 Å². The summed E-state index contributed by atoms with van der Waals surface area (Å²) in [6.45, 7) is 0.350. The Morgan fingerprint density at radius 1 is 0.917 bits per heavy atom. The summed E-state index contributed by atoms with van der Waals surface area (Å²) >= 11 is 0. The van der Waals surface area contributed by atoms with Crippen LogP contribution in [0.25, 0.3) is 0 Å². The van der Waals surface area contributed by atoms with E-state index in [2.05, 4.69) is 0 Å². The topological polar surface area (TPSA) is 40.5 Å². The molecule has 0 saturated heterocycles. The van der Waals surface area contributed by atoms with Crippen molar-refractivity contribution in [1.82, 2.24) is 0 Å². The molecule has 70 valence electrons. The van der Waals surface area contributed by atoms with Gasteiger partial charge >= 0.3 is 0 Å². The van der Waals surface area contributed by atoms with E-state index in [0.29, 0.717) is 24.4 Å². The van der Waals surface area contributed by atoms with Gasteiger partial charge in [-0.1, -0.05) is 0 Å². The van der Waals surface area contributed by atoms with Gasteiger partial charge in [0.1, 0.15) is 0 Å². The molecule has 0 aromatic heterocycles. The Morgan fingerprint density at radius 2 is 1.50 bits per heavy atom. The highest BCUT2D eigenvalue weighted by atomic mass is 16.3. The molecule has 2 bridgehead atoms. The van der Waals surface area contributed by atoms with Crippen LogP contribution < -0.4 is 0 Å². The highest BCUT2D eigenvalue weighted by Crippen LogP contribution is 2.42. The molecule has 0 amide bonds. The molecular formula is C10H18O2. The maximum absolute atomic E-state index is 9.51. The molecule has 2 heteroatoms. The van der Waals surface area contributed by atoms with Gasteiger partial charge in [-0.15, -0.1) is 0 Å². The van der Waals surface area contributed by atoms with Crippen LogP contribution in [0.1, 0.15) is 32.1 Å². The monoisotopic (exact) mass is 170 g/mol. The summed E-state index contributed by atoms with van der Waals surface area (Å²) in [5, 5.41) is 18.6. The normalized spacial score (nSPS) is 47.5. The molecule has 2 rings (SSSR count). The molecule has 2 atom stereocenters. The van der Waals surface area contributed by atoms with E-state index in [1.54, 1.807) is 0 Å². The molecule has 2 nitrogen and oxygen atoms in total. The van der Waals surface area contributed by atoms with Crippen molar-refractivity contribution in [3.63, 3.8) is 0 Å². The minimum Gasteiger partial charge on any atom is -0.396 e. The molecule has 2 unspecified atom stereocenters. The minimum atomic E-state index is -0.0478. The number of aliphatic hydroxyl groups excluding tert-OH is 2. The molecule has 0 aliphatic heterocycles. The Morgan fingerprint density at radius 3 is 2.00 bits per heavy atom. The molecule has 0 heterocycles. The van der Waals surface area contributed by atoms with Crippen molar-refractivity contribution in [2.24, 2.45) is 17.8 Å². The fraction of sp³-hybridized carbons (Fsp3) is 1.00. The van der Waals surface area contributed by atoms with E-state index in [4.69, 9.17) is 5.11 Å². The average Bonchev–Trinajstić information content (AvgIpc) is 2.02. The average molecular weight is 170 g/mol. The fourth-order valence-electron chi connectivity index (χ4n) is 3.10. The Balaban J connectivity index is 1.96. The van der Waals surface area contributed by atoms with Crippen LogP contribution in [0.15, 0.2) is 0 Å². The van der Waals surface area contributed by atoms with Crippen LogP contribution >= 0.6 is 0 Å². The fourth-order valence-corrected chi connectivity index (χ4v) is 3.10. The second-order valence-electron chi connectivity index (χ2n) is 4.61. The standard InChI is InChI=1S/C10H18O2/c11-6-9-2-7-1-8(3-9)5-10(12)4-7/h7-12H,1-6H2. The number of fused-ring (bicyclic) bond motifs is 2. The summed E-state index contributed by atoms with van der Waals surface area (Å²) in [5.41, 5.74) is 0. The number of aliphatic hydroxyl groups is 2. The first-order chi connectivity index (χ1) is 5.78. The molecule has 2 fully saturated rings. The summed E-state index contributed by atoms with van der Waals surface area (Å²) in [5.74, 6) is 1.93. The zero-order chi connectivity index (χ0) is 8.55. The van der Waals surface area contributed by atoms with E-state index in [9.17, 15) is 5.11 Å². The van der Waals surface area contributed by atoms with Gasteiger partial charge in [-0.05, 0) is 49.9 Å². The second-order valence-corrected chi connectivity index (χ2v) is 4.61. The Kier molecular flexibility index (Phi) is 2.37. The van der Waals surface area contributed by atoms with Gasteiger partial charge in [-0.3, -0.25) is 0 Å². The van der Waals surface area contributed by atoms with Crippen LogP contribution in [0, 0.1) is 17.8 Å². The van der Waals surface area contributed by atoms with Crippen molar-refractivity contribution in [3.05, 3.63) is 0 Å². The molecule has 2 N–H and O–H groups in total. The first-order valence-corrected chi connectivity index (χ1v) is 5.07. The van der Waals surface area contributed by atoms with E-state index >= 15 is 0 Å². The molecule has 0 spiro atoms. The lowest BCUT2D eigenvalue weighted by Crippen LogP contribution is -2.34. The van der Waals surface area contributed by atoms with Crippen molar-refractivity contribution in [2.45, 2.75) is 38.2 Å². The number of hydrogen-bond acceptors (Lipinski definition) is 2. The van der Waals surface area contributed by atoms with Gasteiger partial charge in [-0.25, -0.2) is 0 Å². The third-order valence-corrected chi connectivity index (χ3v) is 3.47. The molecule has 0 radical (unpaired) electrons. The van der Waals surface area contributed by atoms with E-state index in [1.807, 2.05) is 0 Å². The highest BCUT2D eigenvalue weighted by Gasteiger charge is 2.34. The first-order valence-electron chi connectivity index (χ1n) is 5.07. The van der Waals surface area contributed by atoms with Gasteiger partial charge in [-0.2, -0.15) is 0 Å². The summed E-state index contributed by atoms with van der Waals surface area (Å²) in [7, 11) is 0. The molecular weight excluding hydrogens is 152 g/mol. The van der Waals surface area contributed by atoms with Gasteiger partial charge in [0, 0.05) is 6.61 Å². The van der Waals surface area contributed by atoms with Crippen LogP contribution in [0.3, 0.4) is 0 Å². The predicted octanol–water partition coefficient (Wildman–Crippen LogP) is 1.17. The molecule has 0 aromatic rings. The van der Waals surface area contributed by atoms with Gasteiger partial charge in [0.05, 0.1) is 6.10 Å². The van der Waals surface area contributed by atoms with Crippen molar-refractivity contribution in [2.75, 3.05) is 6.61 Å². The van der Waals surface area contributed by atoms with Crippen LogP contribution in [0.5, 0.6) is 0 Å². The lowest BCUT2D eigenvalue weighted by Gasteiger charge is -2.40. The Bertz CT molecular complexity index is 140. The first kappa shape index (κ1) is 8.52. The van der Waals surface area contributed by atoms with Crippen molar-refractivity contribution in [1.29, 1.82) is 0 Å². The van der Waals surface area contributed by atoms with Crippen molar-refractivity contribution in [3.8, 4) is 0 Å². The molecule has 2 aliphatic carbocycles. The smallest absolute Gasteiger partial charge is 0.0545 e. The van der Waals surface area contributed by atoms with E-state index in [0.717, 1.165) is 25.7 Å². The van der Waals surface area contributed by atoms with Crippen LogP contribution in [0.2, 0.25) is 0 Å². The van der Waals surface area contributed by atoms with E-state index in [1.165, 1.54) is 6.42 Å². The predicted molar refractivity (Wildman–Crippen MR) is 46.6 cm³/mol. The SMILES string of the molecule is OCC1CC2CC(O)CC(C1)C2. The zero-order valence-electron chi connectivity index (χ0n) is 7.45. The third kappa shape index (κ3) is 1.64. The summed E-state index contributed by atoms with van der Waals surface area (Å²) < 4.78 is 0. The molecule has 2 saturated carbocycles. The quantitative estimate of drug-likeness (QED) is 0.620. The summed E-state index contributed by atoms with van der Waals surface area (Å²) in [4.78, 5) is 0. The van der Waals surface area contributed by atoms with E-state index in [-0.39, 0.29) is 6.10 Å². The molecule has 12 heavy (non-hydrogen) atoms. The van der Waals surface area contributed by atoms with Crippen molar-refractivity contribution < 1.29 is 10.2 Å².